The zero-order chi connectivity index (χ0) is 16.9. The molecule has 0 atom stereocenters. The highest BCUT2D eigenvalue weighted by Gasteiger charge is 2.16. The Morgan fingerprint density at radius 3 is 2.33 bits per heavy atom. The first-order valence-corrected chi connectivity index (χ1v) is 9.70. The first kappa shape index (κ1) is 21.1. The van der Waals surface area contributed by atoms with Crippen molar-refractivity contribution in [1.29, 1.82) is 0 Å². The molecule has 1 saturated heterocycles. The summed E-state index contributed by atoms with van der Waals surface area (Å²) >= 11 is 0. The predicted molar refractivity (Wildman–Crippen MR) is 98.3 cm³/mol. The fourth-order valence-corrected chi connectivity index (χ4v) is 3.82. The molecule has 0 saturated carbocycles. The van der Waals surface area contributed by atoms with E-state index in [1.807, 2.05) is 0 Å². The molecule has 1 heterocycles. The molecule has 0 radical (unpaired) electrons. The summed E-state index contributed by atoms with van der Waals surface area (Å²) < 4.78 is 27.0. The minimum atomic E-state index is -3.49. The lowest BCUT2D eigenvalue weighted by molar-refractivity contribution is 0.101. The Morgan fingerprint density at radius 1 is 1.21 bits per heavy atom. The summed E-state index contributed by atoms with van der Waals surface area (Å²) in [7, 11) is -3.49. The predicted octanol–water partition coefficient (Wildman–Crippen LogP) is 2.71. The van der Waals surface area contributed by atoms with E-state index in [2.05, 4.69) is 16.5 Å². The van der Waals surface area contributed by atoms with Crippen LogP contribution in [0.2, 0.25) is 0 Å². The van der Waals surface area contributed by atoms with Gasteiger partial charge in [-0.25, -0.2) is 13.1 Å². The van der Waals surface area contributed by atoms with Crippen LogP contribution in [0.25, 0.3) is 0 Å². The second kappa shape index (κ2) is 9.51. The number of piperidine rings is 1. The van der Waals surface area contributed by atoms with Gasteiger partial charge in [-0.2, -0.15) is 0 Å². The van der Waals surface area contributed by atoms with Crippen LogP contribution >= 0.6 is 12.4 Å². The van der Waals surface area contributed by atoms with E-state index in [0.717, 1.165) is 32.0 Å². The number of ketones is 1. The van der Waals surface area contributed by atoms with Crippen molar-refractivity contribution in [3.05, 3.63) is 29.8 Å². The number of halogens is 1. The van der Waals surface area contributed by atoms with E-state index >= 15 is 0 Å². The number of hydrogen-bond donors (Lipinski definition) is 1. The lowest BCUT2D eigenvalue weighted by Gasteiger charge is -2.30. The normalized spacial score (nSPS) is 16.6. The monoisotopic (exact) mass is 374 g/mol. The quantitative estimate of drug-likeness (QED) is 0.588. The van der Waals surface area contributed by atoms with Crippen molar-refractivity contribution in [3.8, 4) is 0 Å². The van der Waals surface area contributed by atoms with Crippen LogP contribution in [-0.4, -0.2) is 45.3 Å². The summed E-state index contributed by atoms with van der Waals surface area (Å²) in [5.74, 6) is 0.737. The van der Waals surface area contributed by atoms with Gasteiger partial charge in [-0.1, -0.05) is 19.1 Å². The minimum Gasteiger partial charge on any atom is -0.303 e. The lowest BCUT2D eigenvalue weighted by Crippen LogP contribution is -2.35. The highest BCUT2D eigenvalue weighted by Crippen LogP contribution is 2.16. The van der Waals surface area contributed by atoms with E-state index in [4.69, 9.17) is 0 Å². The van der Waals surface area contributed by atoms with E-state index in [0.29, 0.717) is 12.1 Å². The van der Waals surface area contributed by atoms with Gasteiger partial charge in [0.25, 0.3) is 0 Å². The van der Waals surface area contributed by atoms with Crippen LogP contribution in [-0.2, 0) is 10.0 Å². The molecule has 1 aromatic rings. The van der Waals surface area contributed by atoms with E-state index in [1.165, 1.54) is 31.9 Å². The largest absolute Gasteiger partial charge is 0.303 e. The molecule has 136 valence electrons. The fraction of sp³-hybridized carbons (Fsp3) is 0.588. The summed E-state index contributed by atoms with van der Waals surface area (Å²) in [5, 5.41) is 0. The van der Waals surface area contributed by atoms with Crippen molar-refractivity contribution in [1.82, 2.24) is 9.62 Å². The molecule has 7 heteroatoms. The molecule has 0 aromatic heterocycles. The number of likely N-dealkylation sites (tertiary alicyclic amines) is 1. The number of carbonyl (C=O) groups excluding carboxylic acids is 1. The number of rotatable bonds is 7. The number of nitrogens with one attached hydrogen (secondary N) is 1. The second-order valence-corrected chi connectivity index (χ2v) is 8.12. The van der Waals surface area contributed by atoms with Crippen molar-refractivity contribution >= 4 is 28.2 Å². The van der Waals surface area contributed by atoms with E-state index in [9.17, 15) is 13.2 Å². The molecule has 1 aliphatic heterocycles. The molecule has 0 bridgehead atoms. The van der Waals surface area contributed by atoms with Crippen molar-refractivity contribution in [2.45, 2.75) is 38.0 Å². The van der Waals surface area contributed by atoms with Crippen LogP contribution in [0.15, 0.2) is 29.2 Å². The Morgan fingerprint density at radius 2 is 1.79 bits per heavy atom. The summed E-state index contributed by atoms with van der Waals surface area (Å²) in [6.45, 7) is 7.33. The number of Topliss-reactive ketones (excluding diaryl/α,β-unsaturated/α-hetero) is 1. The Kier molecular flexibility index (Phi) is 8.36. The first-order chi connectivity index (χ1) is 10.9. The summed E-state index contributed by atoms with van der Waals surface area (Å²) in [6.07, 6.45) is 3.27. The average Bonchev–Trinajstić information content (AvgIpc) is 2.53. The highest BCUT2D eigenvalue weighted by molar-refractivity contribution is 7.89. The van der Waals surface area contributed by atoms with Crippen LogP contribution in [0.4, 0.5) is 0 Å². The van der Waals surface area contributed by atoms with Gasteiger partial charge in [0, 0.05) is 12.1 Å². The molecule has 0 aliphatic carbocycles. The maximum absolute atomic E-state index is 12.2. The van der Waals surface area contributed by atoms with E-state index in [1.54, 1.807) is 12.1 Å². The number of nitrogens with zero attached hydrogens (tertiary/aromatic N) is 1. The van der Waals surface area contributed by atoms with Crippen molar-refractivity contribution in [3.63, 3.8) is 0 Å². The molecular formula is C17H27ClN2O3S. The van der Waals surface area contributed by atoms with Crippen molar-refractivity contribution < 1.29 is 13.2 Å². The third-order valence-electron chi connectivity index (χ3n) is 4.39. The van der Waals surface area contributed by atoms with Gasteiger partial charge in [0.05, 0.1) is 4.90 Å². The van der Waals surface area contributed by atoms with Crippen LogP contribution in [0.1, 0.15) is 43.5 Å². The molecule has 2 rings (SSSR count). The molecule has 0 spiro atoms. The maximum Gasteiger partial charge on any atom is 0.240 e. The Hall–Kier alpha value is -0.950. The molecule has 5 nitrogen and oxygen atoms in total. The first-order valence-electron chi connectivity index (χ1n) is 8.21. The molecule has 0 amide bonds. The lowest BCUT2D eigenvalue weighted by atomic mass is 9.99. The van der Waals surface area contributed by atoms with E-state index in [-0.39, 0.29) is 23.1 Å². The molecule has 1 fully saturated rings. The molecule has 0 unspecified atom stereocenters. The van der Waals surface area contributed by atoms with Gasteiger partial charge >= 0.3 is 0 Å². The smallest absolute Gasteiger partial charge is 0.240 e. The van der Waals surface area contributed by atoms with Crippen molar-refractivity contribution in [2.24, 2.45) is 5.92 Å². The van der Waals surface area contributed by atoms with Gasteiger partial charge in [0.2, 0.25) is 10.0 Å². The molecule has 1 aromatic carbocycles. The van der Waals surface area contributed by atoms with Gasteiger partial charge in [0.1, 0.15) is 0 Å². The van der Waals surface area contributed by atoms with Gasteiger partial charge in [-0.15, -0.1) is 12.4 Å². The number of carbonyl (C=O) groups is 1. The van der Waals surface area contributed by atoms with Crippen LogP contribution < -0.4 is 4.72 Å². The fourth-order valence-electron chi connectivity index (χ4n) is 2.75. The summed E-state index contributed by atoms with van der Waals surface area (Å²) in [5.41, 5.74) is 0.517. The SMILES string of the molecule is CC(=O)c1ccc(S(=O)(=O)NCCCN2CCC(C)CC2)cc1.Cl. The maximum atomic E-state index is 12.2. The Bertz CT molecular complexity index is 624. The highest BCUT2D eigenvalue weighted by atomic mass is 35.5. The summed E-state index contributed by atoms with van der Waals surface area (Å²) in [6, 6.07) is 6.05. The number of benzene rings is 1. The van der Waals surface area contributed by atoms with Gasteiger partial charge < -0.3 is 4.90 Å². The Labute approximate surface area is 151 Å². The van der Waals surface area contributed by atoms with Crippen LogP contribution in [0.5, 0.6) is 0 Å². The zero-order valence-corrected chi connectivity index (χ0v) is 16.0. The topological polar surface area (TPSA) is 66.5 Å². The van der Waals surface area contributed by atoms with E-state index < -0.39 is 10.0 Å². The minimum absolute atomic E-state index is 0. The van der Waals surface area contributed by atoms with Gasteiger partial charge in [-0.05, 0) is 63.9 Å². The van der Waals surface area contributed by atoms with Crippen LogP contribution in [0, 0.1) is 5.92 Å². The standard InChI is InChI=1S/C17H26N2O3S.ClH/c1-14-8-12-19(13-9-14)11-3-10-18-23(21,22)17-6-4-16(5-7-17)15(2)20;/h4-7,14,18H,3,8-13H2,1-2H3;1H. The van der Waals surface area contributed by atoms with Crippen LogP contribution in [0.3, 0.4) is 0 Å². The molecule has 1 N–H and O–H groups in total. The molecular weight excluding hydrogens is 348 g/mol. The average molecular weight is 375 g/mol. The summed E-state index contributed by atoms with van der Waals surface area (Å²) in [4.78, 5) is 13.8. The second-order valence-electron chi connectivity index (χ2n) is 6.36. The van der Waals surface area contributed by atoms with Gasteiger partial charge in [0.15, 0.2) is 5.78 Å². The number of sulfonamides is 1. The molecule has 24 heavy (non-hydrogen) atoms. The zero-order valence-electron chi connectivity index (χ0n) is 14.3. The Balaban J connectivity index is 0.00000288. The third-order valence-corrected chi connectivity index (χ3v) is 5.87. The third kappa shape index (κ3) is 6.16. The number of hydrogen-bond acceptors (Lipinski definition) is 4. The van der Waals surface area contributed by atoms with Gasteiger partial charge in [-0.3, -0.25) is 4.79 Å². The molecule has 1 aliphatic rings. The van der Waals surface area contributed by atoms with Crippen molar-refractivity contribution in [2.75, 3.05) is 26.2 Å².